The Morgan fingerprint density at radius 3 is 2.29 bits per heavy atom. The number of halogens is 2. The first-order chi connectivity index (χ1) is 6.45. The van der Waals surface area contributed by atoms with Crippen molar-refractivity contribution < 1.29 is 8.42 Å². The van der Waals surface area contributed by atoms with Gasteiger partial charge in [-0.05, 0) is 13.3 Å². The summed E-state index contributed by atoms with van der Waals surface area (Å²) in [4.78, 5) is 0.0802. The van der Waals surface area contributed by atoms with E-state index in [1.54, 1.807) is 6.92 Å². The Morgan fingerprint density at radius 1 is 1.29 bits per heavy atom. The van der Waals surface area contributed by atoms with Crippen LogP contribution < -0.4 is 0 Å². The molecule has 0 spiro atoms. The summed E-state index contributed by atoms with van der Waals surface area (Å²) in [5, 5.41) is -0.307. The molecule has 2 unspecified atom stereocenters. The lowest BCUT2D eigenvalue weighted by molar-refractivity contribution is 0.574. The van der Waals surface area contributed by atoms with Crippen LogP contribution in [-0.2, 0) is 9.84 Å². The van der Waals surface area contributed by atoms with E-state index in [0.29, 0.717) is 0 Å². The first kappa shape index (κ1) is 14.9. The third-order valence-electron chi connectivity index (χ3n) is 2.31. The van der Waals surface area contributed by atoms with Gasteiger partial charge in [0.2, 0.25) is 0 Å². The van der Waals surface area contributed by atoms with Crippen molar-refractivity contribution in [2.75, 3.05) is 4.66 Å². The van der Waals surface area contributed by atoms with Gasteiger partial charge in [0.05, 0.1) is 5.25 Å². The summed E-state index contributed by atoms with van der Waals surface area (Å²) >= 11 is 6.46. The normalized spacial score (nSPS) is 16.6. The van der Waals surface area contributed by atoms with Gasteiger partial charge >= 0.3 is 0 Å². The van der Waals surface area contributed by atoms with Crippen molar-refractivity contribution in [3.05, 3.63) is 0 Å². The molecular weight excluding hydrogens is 332 g/mol. The molecule has 0 aliphatic rings. The highest BCUT2D eigenvalue weighted by Crippen LogP contribution is 2.21. The molecule has 0 aromatic rings. The molecule has 14 heavy (non-hydrogen) atoms. The average Bonchev–Trinajstić information content (AvgIpc) is 2.17. The van der Waals surface area contributed by atoms with Crippen molar-refractivity contribution >= 4 is 41.7 Å². The topological polar surface area (TPSA) is 34.1 Å². The lowest BCUT2D eigenvalue weighted by Gasteiger charge is -2.17. The first-order valence-electron chi connectivity index (χ1n) is 4.87. The fourth-order valence-corrected chi connectivity index (χ4v) is 4.49. The Bertz CT molecular complexity index is 239. The van der Waals surface area contributed by atoms with Gasteiger partial charge in [-0.25, -0.2) is 8.42 Å². The Hall–Kier alpha value is 0.910. The first-order valence-corrected chi connectivity index (χ1v) is 8.62. The molecule has 0 heterocycles. The molecule has 5 heteroatoms. The SMILES string of the molecule is CCCCCC(Br)C(C)S(=O)(=O)CBr. The highest BCUT2D eigenvalue weighted by molar-refractivity contribution is 9.11. The van der Waals surface area contributed by atoms with Gasteiger partial charge in [-0.3, -0.25) is 0 Å². The maximum Gasteiger partial charge on any atom is 0.163 e. The Kier molecular flexibility index (Phi) is 7.70. The van der Waals surface area contributed by atoms with Crippen LogP contribution in [0.4, 0.5) is 0 Å². The predicted octanol–water partition coefficient (Wildman–Crippen LogP) is 3.49. The van der Waals surface area contributed by atoms with Crippen molar-refractivity contribution in [3.8, 4) is 0 Å². The molecule has 0 aromatic heterocycles. The van der Waals surface area contributed by atoms with E-state index in [0.717, 1.165) is 12.8 Å². The fraction of sp³-hybridized carbons (Fsp3) is 1.00. The summed E-state index contributed by atoms with van der Waals surface area (Å²) in [6, 6.07) is 0. The lowest BCUT2D eigenvalue weighted by atomic mass is 10.1. The predicted molar refractivity (Wildman–Crippen MR) is 69.0 cm³/mol. The summed E-state index contributed by atoms with van der Waals surface area (Å²) in [7, 11) is -2.96. The molecule has 2 nitrogen and oxygen atoms in total. The van der Waals surface area contributed by atoms with Crippen molar-refractivity contribution in [2.45, 2.75) is 49.6 Å². The number of unbranched alkanes of at least 4 members (excludes halogenated alkanes) is 2. The van der Waals surface area contributed by atoms with Crippen LogP contribution in [0.15, 0.2) is 0 Å². The van der Waals surface area contributed by atoms with Gasteiger partial charge in [0.1, 0.15) is 4.66 Å². The van der Waals surface area contributed by atoms with Crippen molar-refractivity contribution in [2.24, 2.45) is 0 Å². The standard InChI is InChI=1S/C9H18Br2O2S/c1-3-4-5-6-9(11)8(2)14(12,13)7-10/h8-9H,3-7H2,1-2H3. The monoisotopic (exact) mass is 348 g/mol. The highest BCUT2D eigenvalue weighted by atomic mass is 79.9. The second-order valence-electron chi connectivity index (χ2n) is 3.49. The zero-order chi connectivity index (χ0) is 11.2. The van der Waals surface area contributed by atoms with E-state index in [4.69, 9.17) is 0 Å². The molecule has 0 bridgehead atoms. The third-order valence-corrected chi connectivity index (χ3v) is 7.59. The summed E-state index contributed by atoms with van der Waals surface area (Å²) in [6.07, 6.45) is 4.36. The summed E-state index contributed by atoms with van der Waals surface area (Å²) in [5.74, 6) is 0. The number of alkyl halides is 2. The van der Waals surface area contributed by atoms with Gasteiger partial charge in [0.25, 0.3) is 0 Å². The van der Waals surface area contributed by atoms with E-state index in [9.17, 15) is 8.42 Å². The van der Waals surface area contributed by atoms with Gasteiger partial charge < -0.3 is 0 Å². The van der Waals surface area contributed by atoms with Crippen molar-refractivity contribution in [1.29, 1.82) is 0 Å². The Labute approximate surface area is 104 Å². The maximum absolute atomic E-state index is 11.5. The molecule has 2 atom stereocenters. The summed E-state index contributed by atoms with van der Waals surface area (Å²) in [5.41, 5.74) is 0. The highest BCUT2D eigenvalue weighted by Gasteiger charge is 2.25. The smallest absolute Gasteiger partial charge is 0.163 e. The van der Waals surface area contributed by atoms with Crippen LogP contribution in [0.2, 0.25) is 0 Å². The lowest BCUT2D eigenvalue weighted by Crippen LogP contribution is -2.28. The largest absolute Gasteiger partial charge is 0.228 e. The quantitative estimate of drug-likeness (QED) is 0.520. The molecular formula is C9H18Br2O2S. The minimum Gasteiger partial charge on any atom is -0.228 e. The van der Waals surface area contributed by atoms with Crippen LogP contribution in [0.5, 0.6) is 0 Å². The van der Waals surface area contributed by atoms with Gasteiger partial charge in [0, 0.05) is 4.83 Å². The molecule has 0 aromatic carbocycles. The van der Waals surface area contributed by atoms with Crippen LogP contribution in [0, 0.1) is 0 Å². The van der Waals surface area contributed by atoms with E-state index in [-0.39, 0.29) is 14.7 Å². The van der Waals surface area contributed by atoms with Crippen molar-refractivity contribution in [1.82, 2.24) is 0 Å². The fourth-order valence-electron chi connectivity index (χ4n) is 1.15. The molecule has 0 saturated carbocycles. The minimum atomic E-state index is -2.96. The maximum atomic E-state index is 11.5. The van der Waals surface area contributed by atoms with Crippen LogP contribution in [0.3, 0.4) is 0 Å². The van der Waals surface area contributed by atoms with E-state index >= 15 is 0 Å². The Balaban J connectivity index is 4.05. The second kappa shape index (κ2) is 7.23. The minimum absolute atomic E-state index is 0.0526. The van der Waals surface area contributed by atoms with Gasteiger partial charge in [-0.15, -0.1) is 0 Å². The van der Waals surface area contributed by atoms with Crippen LogP contribution in [0.25, 0.3) is 0 Å². The molecule has 0 radical (unpaired) electrons. The molecule has 0 saturated heterocycles. The van der Waals surface area contributed by atoms with Crippen LogP contribution in [-0.4, -0.2) is 23.2 Å². The second-order valence-corrected chi connectivity index (χ2v) is 8.33. The van der Waals surface area contributed by atoms with Gasteiger partial charge in [0.15, 0.2) is 9.84 Å². The summed E-state index contributed by atoms with van der Waals surface area (Å²) in [6.45, 7) is 3.91. The van der Waals surface area contributed by atoms with Crippen LogP contribution in [0.1, 0.15) is 39.5 Å². The van der Waals surface area contributed by atoms with Gasteiger partial charge in [-0.2, -0.15) is 0 Å². The summed E-state index contributed by atoms with van der Waals surface area (Å²) < 4.78 is 23.0. The zero-order valence-corrected chi connectivity index (χ0v) is 12.7. The zero-order valence-electron chi connectivity index (χ0n) is 8.67. The average molecular weight is 350 g/mol. The van der Waals surface area contributed by atoms with Crippen molar-refractivity contribution in [3.63, 3.8) is 0 Å². The molecule has 0 aliphatic heterocycles. The number of hydrogen-bond donors (Lipinski definition) is 0. The molecule has 0 aliphatic carbocycles. The molecule has 86 valence electrons. The molecule has 0 rings (SSSR count). The number of sulfone groups is 1. The molecule has 0 N–H and O–H groups in total. The number of rotatable bonds is 7. The third kappa shape index (κ3) is 5.12. The molecule has 0 fully saturated rings. The van der Waals surface area contributed by atoms with Crippen LogP contribution >= 0.6 is 31.9 Å². The van der Waals surface area contributed by atoms with E-state index in [2.05, 4.69) is 38.8 Å². The van der Waals surface area contributed by atoms with E-state index in [1.165, 1.54) is 12.8 Å². The van der Waals surface area contributed by atoms with E-state index in [1.807, 2.05) is 0 Å². The van der Waals surface area contributed by atoms with Gasteiger partial charge in [-0.1, -0.05) is 58.0 Å². The molecule has 0 amide bonds. The Morgan fingerprint density at radius 2 is 1.86 bits per heavy atom. The van der Waals surface area contributed by atoms with E-state index < -0.39 is 9.84 Å². The number of hydrogen-bond acceptors (Lipinski definition) is 2.